The fourth-order valence-corrected chi connectivity index (χ4v) is 2.03. The van der Waals surface area contributed by atoms with Crippen molar-refractivity contribution in [1.29, 1.82) is 0 Å². The number of benzene rings is 1. The third-order valence-electron chi connectivity index (χ3n) is 2.82. The summed E-state index contributed by atoms with van der Waals surface area (Å²) < 4.78 is 5.24. The predicted octanol–water partition coefficient (Wildman–Crippen LogP) is 2.61. The molecular weight excluding hydrogens is 232 g/mol. The van der Waals surface area contributed by atoms with Gasteiger partial charge in [-0.25, -0.2) is 0 Å². The zero-order valence-electron chi connectivity index (χ0n) is 11.1. The van der Waals surface area contributed by atoms with Crippen molar-refractivity contribution in [3.05, 3.63) is 28.8 Å². The van der Waals surface area contributed by atoms with E-state index in [0.29, 0.717) is 11.3 Å². The quantitative estimate of drug-likeness (QED) is 0.816. The maximum atomic E-state index is 12.2. The van der Waals surface area contributed by atoms with Crippen LogP contribution in [0.25, 0.3) is 0 Å². The Balaban J connectivity index is 3.15. The monoisotopic (exact) mass is 250 g/mol. The van der Waals surface area contributed by atoms with Gasteiger partial charge in [-0.15, -0.1) is 0 Å². The first-order chi connectivity index (χ1) is 8.36. The fraction of sp³-hybridized carbons (Fsp3) is 0.429. The zero-order valence-corrected chi connectivity index (χ0v) is 11.1. The first-order valence-corrected chi connectivity index (χ1v) is 5.78. The average Bonchev–Trinajstić information content (AvgIpc) is 2.26. The smallest absolute Gasteiger partial charge is 0.304 e. The van der Waals surface area contributed by atoms with Crippen molar-refractivity contribution in [1.82, 2.24) is 0 Å². The number of hydrogen-bond acceptors (Lipinski definition) is 3. The van der Waals surface area contributed by atoms with Crippen molar-refractivity contribution in [2.75, 3.05) is 7.11 Å². The molecule has 1 aromatic rings. The second-order valence-electron chi connectivity index (χ2n) is 4.53. The highest BCUT2D eigenvalue weighted by Crippen LogP contribution is 2.28. The van der Waals surface area contributed by atoms with E-state index in [2.05, 4.69) is 0 Å². The highest BCUT2D eigenvalue weighted by atomic mass is 16.5. The summed E-state index contributed by atoms with van der Waals surface area (Å²) >= 11 is 0. The maximum absolute atomic E-state index is 12.2. The molecule has 98 valence electrons. The van der Waals surface area contributed by atoms with Crippen LogP contribution in [0.1, 0.15) is 34.8 Å². The third-order valence-corrected chi connectivity index (χ3v) is 2.82. The van der Waals surface area contributed by atoms with Crippen LogP contribution in [-0.2, 0) is 4.79 Å². The largest absolute Gasteiger partial charge is 0.496 e. The molecule has 1 rings (SSSR count). The van der Waals surface area contributed by atoms with Crippen LogP contribution in [0.4, 0.5) is 0 Å². The molecule has 0 aliphatic carbocycles. The van der Waals surface area contributed by atoms with Gasteiger partial charge in [-0.3, -0.25) is 9.59 Å². The number of carbonyl (C=O) groups is 2. The lowest BCUT2D eigenvalue weighted by molar-refractivity contribution is -0.137. The average molecular weight is 250 g/mol. The first-order valence-electron chi connectivity index (χ1n) is 5.78. The van der Waals surface area contributed by atoms with E-state index in [1.54, 1.807) is 13.0 Å². The maximum Gasteiger partial charge on any atom is 0.304 e. The van der Waals surface area contributed by atoms with Gasteiger partial charge < -0.3 is 9.84 Å². The number of ether oxygens (including phenoxy) is 1. The Hall–Kier alpha value is -1.84. The van der Waals surface area contributed by atoms with Gasteiger partial charge in [-0.1, -0.05) is 13.0 Å². The number of aliphatic carboxylic acids is 1. The molecule has 18 heavy (non-hydrogen) atoms. The van der Waals surface area contributed by atoms with Crippen molar-refractivity contribution in [3.63, 3.8) is 0 Å². The van der Waals surface area contributed by atoms with Crippen LogP contribution in [0.3, 0.4) is 0 Å². The SMILES string of the molecule is COc1c(C)cc(C)cc1C(=O)C(C)CC(=O)O. The number of ketones is 1. The standard InChI is InChI=1S/C14H18O4/c1-8-5-10(3)14(18-4)11(6-8)13(17)9(2)7-12(15)16/h5-6,9H,7H2,1-4H3,(H,15,16). The molecule has 0 spiro atoms. The molecule has 1 N–H and O–H groups in total. The minimum Gasteiger partial charge on any atom is -0.496 e. The molecule has 0 aliphatic heterocycles. The van der Waals surface area contributed by atoms with E-state index in [-0.39, 0.29) is 12.2 Å². The highest BCUT2D eigenvalue weighted by Gasteiger charge is 2.22. The lowest BCUT2D eigenvalue weighted by Crippen LogP contribution is -2.16. The minimum absolute atomic E-state index is 0.172. The Kier molecular flexibility index (Phi) is 4.48. The number of aryl methyl sites for hydroxylation is 2. The summed E-state index contributed by atoms with van der Waals surface area (Å²) in [6, 6.07) is 3.67. The van der Waals surface area contributed by atoms with E-state index in [0.717, 1.165) is 11.1 Å². The number of rotatable bonds is 5. The molecule has 0 saturated heterocycles. The van der Waals surface area contributed by atoms with Gasteiger partial charge in [0.05, 0.1) is 19.1 Å². The van der Waals surface area contributed by atoms with Gasteiger partial charge in [0.25, 0.3) is 0 Å². The van der Waals surface area contributed by atoms with Crippen LogP contribution in [0.2, 0.25) is 0 Å². The summed E-state index contributed by atoms with van der Waals surface area (Å²) in [5, 5.41) is 8.73. The van der Waals surface area contributed by atoms with Crippen LogP contribution >= 0.6 is 0 Å². The molecule has 0 fully saturated rings. The van der Waals surface area contributed by atoms with Gasteiger partial charge in [-0.05, 0) is 31.0 Å². The summed E-state index contributed by atoms with van der Waals surface area (Å²) in [6.45, 7) is 5.38. The van der Waals surface area contributed by atoms with E-state index in [1.165, 1.54) is 7.11 Å². The minimum atomic E-state index is -0.973. The number of Topliss-reactive ketones (excluding diaryl/α,β-unsaturated/α-hetero) is 1. The van der Waals surface area contributed by atoms with Crippen LogP contribution in [0, 0.1) is 19.8 Å². The Bertz CT molecular complexity index is 477. The molecule has 0 aromatic heterocycles. The molecule has 1 unspecified atom stereocenters. The van der Waals surface area contributed by atoms with Gasteiger partial charge in [0.2, 0.25) is 0 Å². The van der Waals surface area contributed by atoms with Gasteiger partial charge >= 0.3 is 5.97 Å². The van der Waals surface area contributed by atoms with Gasteiger partial charge in [0.15, 0.2) is 5.78 Å². The Morgan fingerprint density at radius 3 is 2.44 bits per heavy atom. The predicted molar refractivity (Wildman–Crippen MR) is 68.2 cm³/mol. The molecule has 0 heterocycles. The van der Waals surface area contributed by atoms with Crippen molar-refractivity contribution in [2.45, 2.75) is 27.2 Å². The molecule has 4 nitrogen and oxygen atoms in total. The molecule has 0 aliphatic rings. The summed E-state index contributed by atoms with van der Waals surface area (Å²) in [6.07, 6.45) is -0.172. The van der Waals surface area contributed by atoms with Crippen LogP contribution in [0.5, 0.6) is 5.75 Å². The molecule has 0 saturated carbocycles. The van der Waals surface area contributed by atoms with E-state index in [4.69, 9.17) is 9.84 Å². The number of methoxy groups -OCH3 is 1. The fourth-order valence-electron chi connectivity index (χ4n) is 2.03. The number of carboxylic acids is 1. The topological polar surface area (TPSA) is 63.6 Å². The second-order valence-corrected chi connectivity index (χ2v) is 4.53. The second kappa shape index (κ2) is 5.67. The summed E-state index contributed by atoms with van der Waals surface area (Å²) in [4.78, 5) is 22.9. The van der Waals surface area contributed by atoms with Crippen LogP contribution in [-0.4, -0.2) is 24.0 Å². The summed E-state index contributed by atoms with van der Waals surface area (Å²) in [7, 11) is 1.51. The lowest BCUT2D eigenvalue weighted by atomic mass is 9.93. The normalized spacial score (nSPS) is 12.0. The Morgan fingerprint density at radius 1 is 1.33 bits per heavy atom. The van der Waals surface area contributed by atoms with Gasteiger partial charge in [0.1, 0.15) is 5.75 Å². The Labute approximate surface area is 107 Å². The van der Waals surface area contributed by atoms with E-state index >= 15 is 0 Å². The van der Waals surface area contributed by atoms with Gasteiger partial charge in [0, 0.05) is 5.92 Å². The van der Waals surface area contributed by atoms with Crippen molar-refractivity contribution in [2.24, 2.45) is 5.92 Å². The van der Waals surface area contributed by atoms with Crippen molar-refractivity contribution < 1.29 is 19.4 Å². The molecule has 1 atom stereocenters. The molecule has 1 aromatic carbocycles. The van der Waals surface area contributed by atoms with Crippen LogP contribution < -0.4 is 4.74 Å². The van der Waals surface area contributed by atoms with E-state index < -0.39 is 11.9 Å². The van der Waals surface area contributed by atoms with Gasteiger partial charge in [-0.2, -0.15) is 0 Å². The Morgan fingerprint density at radius 2 is 1.94 bits per heavy atom. The highest BCUT2D eigenvalue weighted by molar-refractivity contribution is 6.01. The first kappa shape index (κ1) is 14.2. The molecule has 4 heteroatoms. The molecule has 0 bridgehead atoms. The van der Waals surface area contributed by atoms with Crippen molar-refractivity contribution in [3.8, 4) is 5.75 Å². The third kappa shape index (κ3) is 3.09. The lowest BCUT2D eigenvalue weighted by Gasteiger charge is -2.14. The molecule has 0 amide bonds. The van der Waals surface area contributed by atoms with Crippen LogP contribution in [0.15, 0.2) is 12.1 Å². The summed E-state index contributed by atoms with van der Waals surface area (Å²) in [5.41, 5.74) is 2.30. The summed E-state index contributed by atoms with van der Waals surface area (Å²) in [5.74, 6) is -1.19. The molecular formula is C14H18O4. The number of hydrogen-bond donors (Lipinski definition) is 1. The zero-order chi connectivity index (χ0) is 13.9. The molecule has 0 radical (unpaired) electrons. The number of carbonyl (C=O) groups excluding carboxylic acids is 1. The van der Waals surface area contributed by atoms with E-state index in [1.807, 2.05) is 19.9 Å². The van der Waals surface area contributed by atoms with Crippen molar-refractivity contribution >= 4 is 11.8 Å². The van der Waals surface area contributed by atoms with E-state index in [9.17, 15) is 9.59 Å². The number of carboxylic acid groups (broad SMARTS) is 1.